The summed E-state index contributed by atoms with van der Waals surface area (Å²) < 4.78 is 0. The van der Waals surface area contributed by atoms with E-state index < -0.39 is 0 Å². The average Bonchev–Trinajstić information content (AvgIpc) is 2.80. The van der Waals surface area contributed by atoms with Crippen molar-refractivity contribution in [3.05, 3.63) is 10.6 Å². The number of hydrogen-bond donors (Lipinski definition) is 1. The second-order valence-electron chi connectivity index (χ2n) is 5.30. The Labute approximate surface area is 122 Å². The smallest absolute Gasteiger partial charge is 0.186 e. The molecule has 0 radical (unpaired) electrons. The molecule has 1 atom stereocenters. The normalized spacial score (nSPS) is 13.0. The molecule has 0 aliphatic heterocycles. The van der Waals surface area contributed by atoms with Gasteiger partial charge in [0.1, 0.15) is 0 Å². The predicted octanol–water partition coefficient (Wildman–Crippen LogP) is 3.83. The molecule has 0 aliphatic rings. The highest BCUT2D eigenvalue weighted by Gasteiger charge is 2.17. The van der Waals surface area contributed by atoms with E-state index in [0.29, 0.717) is 12.1 Å². The van der Waals surface area contributed by atoms with Gasteiger partial charge in [-0.05, 0) is 26.7 Å². The number of nitrogens with one attached hydrogen (secondary N) is 1. The second-order valence-corrected chi connectivity index (χ2v) is 6.36. The topological polar surface area (TPSA) is 28.2 Å². The van der Waals surface area contributed by atoms with E-state index in [9.17, 15) is 0 Å². The van der Waals surface area contributed by atoms with Crippen molar-refractivity contribution >= 4 is 16.5 Å². The van der Waals surface area contributed by atoms with Crippen LogP contribution in [0.15, 0.2) is 0 Å². The van der Waals surface area contributed by atoms with Gasteiger partial charge < -0.3 is 10.2 Å². The lowest BCUT2D eigenvalue weighted by atomic mass is 10.2. The molecule has 4 heteroatoms. The lowest BCUT2D eigenvalue weighted by Gasteiger charge is -2.26. The van der Waals surface area contributed by atoms with Crippen LogP contribution in [0.1, 0.15) is 58.5 Å². The minimum Gasteiger partial charge on any atom is -0.346 e. The minimum atomic E-state index is 0.520. The lowest BCUT2D eigenvalue weighted by molar-refractivity contribution is 0.590. The molecule has 1 aromatic rings. The molecule has 0 bridgehead atoms. The van der Waals surface area contributed by atoms with Crippen LogP contribution in [0.3, 0.4) is 0 Å². The van der Waals surface area contributed by atoms with Crippen LogP contribution in [0.4, 0.5) is 5.13 Å². The molecule has 110 valence electrons. The SMILES string of the molecule is CCc1nc(N(CC)C(C)CC)sc1CNC(C)C. The predicted molar refractivity (Wildman–Crippen MR) is 86.2 cm³/mol. The average molecular weight is 283 g/mol. The van der Waals surface area contributed by atoms with E-state index in [-0.39, 0.29) is 0 Å². The van der Waals surface area contributed by atoms with Crippen LogP contribution in [0.5, 0.6) is 0 Å². The maximum atomic E-state index is 4.85. The molecule has 0 spiro atoms. The fourth-order valence-electron chi connectivity index (χ4n) is 2.06. The summed E-state index contributed by atoms with van der Waals surface area (Å²) in [5.41, 5.74) is 1.26. The van der Waals surface area contributed by atoms with Gasteiger partial charge in [-0.25, -0.2) is 4.98 Å². The molecule has 0 aromatic carbocycles. The fourth-order valence-corrected chi connectivity index (χ4v) is 3.33. The maximum absolute atomic E-state index is 4.85. The highest BCUT2D eigenvalue weighted by atomic mass is 32.1. The van der Waals surface area contributed by atoms with Gasteiger partial charge in [-0.2, -0.15) is 0 Å². The van der Waals surface area contributed by atoms with Crippen molar-refractivity contribution < 1.29 is 0 Å². The Bertz CT molecular complexity index is 373. The van der Waals surface area contributed by atoms with E-state index in [1.807, 2.05) is 11.3 Å². The van der Waals surface area contributed by atoms with Crippen molar-refractivity contribution in [2.45, 2.75) is 73.0 Å². The molecule has 0 aliphatic carbocycles. The van der Waals surface area contributed by atoms with Gasteiger partial charge in [0.15, 0.2) is 5.13 Å². The molecule has 1 N–H and O–H groups in total. The van der Waals surface area contributed by atoms with Crippen molar-refractivity contribution in [1.29, 1.82) is 0 Å². The molecule has 1 rings (SSSR count). The summed E-state index contributed by atoms with van der Waals surface area (Å²) in [4.78, 5) is 8.67. The molecule has 3 nitrogen and oxygen atoms in total. The van der Waals surface area contributed by atoms with Gasteiger partial charge in [0.2, 0.25) is 0 Å². The lowest BCUT2D eigenvalue weighted by Crippen LogP contribution is -2.32. The first kappa shape index (κ1) is 16.4. The second kappa shape index (κ2) is 7.85. The van der Waals surface area contributed by atoms with Gasteiger partial charge in [0, 0.05) is 30.1 Å². The van der Waals surface area contributed by atoms with Crippen LogP contribution in [0.2, 0.25) is 0 Å². The van der Waals surface area contributed by atoms with Crippen molar-refractivity contribution in [3.63, 3.8) is 0 Å². The summed E-state index contributed by atoms with van der Waals surface area (Å²) in [5.74, 6) is 0. The molecule has 1 aromatic heterocycles. The maximum Gasteiger partial charge on any atom is 0.186 e. The molecule has 19 heavy (non-hydrogen) atoms. The molecular formula is C15H29N3S. The van der Waals surface area contributed by atoms with E-state index in [4.69, 9.17) is 4.98 Å². The largest absolute Gasteiger partial charge is 0.346 e. The van der Waals surface area contributed by atoms with E-state index >= 15 is 0 Å². The number of rotatable bonds is 8. The van der Waals surface area contributed by atoms with Crippen LogP contribution in [-0.4, -0.2) is 23.6 Å². The zero-order valence-corrected chi connectivity index (χ0v) is 14.1. The molecular weight excluding hydrogens is 254 g/mol. The van der Waals surface area contributed by atoms with Crippen molar-refractivity contribution in [1.82, 2.24) is 10.3 Å². The summed E-state index contributed by atoms with van der Waals surface area (Å²) in [7, 11) is 0. The van der Waals surface area contributed by atoms with E-state index in [1.54, 1.807) is 0 Å². The van der Waals surface area contributed by atoms with Gasteiger partial charge in [0.05, 0.1) is 5.69 Å². The first-order chi connectivity index (χ1) is 9.03. The van der Waals surface area contributed by atoms with Crippen LogP contribution in [0.25, 0.3) is 0 Å². The molecule has 0 saturated carbocycles. The van der Waals surface area contributed by atoms with Crippen LogP contribution >= 0.6 is 11.3 Å². The van der Waals surface area contributed by atoms with Crippen molar-refractivity contribution in [2.75, 3.05) is 11.4 Å². The van der Waals surface area contributed by atoms with Crippen LogP contribution in [0, 0.1) is 0 Å². The Kier molecular flexibility index (Phi) is 6.80. The number of aryl methyl sites for hydroxylation is 1. The zero-order valence-electron chi connectivity index (χ0n) is 13.3. The Morgan fingerprint density at radius 3 is 2.37 bits per heavy atom. The highest BCUT2D eigenvalue weighted by molar-refractivity contribution is 7.15. The summed E-state index contributed by atoms with van der Waals surface area (Å²) in [5, 5.41) is 4.69. The van der Waals surface area contributed by atoms with Gasteiger partial charge in [-0.1, -0.05) is 27.7 Å². The van der Waals surface area contributed by atoms with Crippen LogP contribution in [-0.2, 0) is 13.0 Å². The summed E-state index contributed by atoms with van der Waals surface area (Å²) >= 11 is 1.85. The molecule has 1 unspecified atom stereocenters. The Balaban J connectivity index is 2.90. The fraction of sp³-hybridized carbons (Fsp3) is 0.800. The summed E-state index contributed by atoms with van der Waals surface area (Å²) in [6.07, 6.45) is 2.18. The third-order valence-electron chi connectivity index (χ3n) is 3.48. The summed E-state index contributed by atoms with van der Waals surface area (Å²) in [6, 6.07) is 1.08. The van der Waals surface area contributed by atoms with Crippen LogP contribution < -0.4 is 10.2 Å². The van der Waals surface area contributed by atoms with Crippen molar-refractivity contribution in [2.24, 2.45) is 0 Å². The highest BCUT2D eigenvalue weighted by Crippen LogP contribution is 2.28. The van der Waals surface area contributed by atoms with Gasteiger partial charge in [-0.3, -0.25) is 0 Å². The van der Waals surface area contributed by atoms with E-state index in [2.05, 4.69) is 51.8 Å². The molecule has 0 saturated heterocycles. The Morgan fingerprint density at radius 2 is 1.89 bits per heavy atom. The van der Waals surface area contributed by atoms with Gasteiger partial charge >= 0.3 is 0 Å². The van der Waals surface area contributed by atoms with E-state index in [0.717, 1.165) is 25.9 Å². The number of aromatic nitrogens is 1. The van der Waals surface area contributed by atoms with E-state index in [1.165, 1.54) is 15.7 Å². The number of hydrogen-bond acceptors (Lipinski definition) is 4. The third kappa shape index (κ3) is 4.46. The molecule has 0 amide bonds. The quantitative estimate of drug-likeness (QED) is 0.786. The Morgan fingerprint density at radius 1 is 1.21 bits per heavy atom. The standard InChI is InChI=1S/C15H29N3S/c1-7-12(6)18(9-3)15-17-13(8-2)14(19-15)10-16-11(4)5/h11-12,16H,7-10H2,1-6H3. The minimum absolute atomic E-state index is 0.520. The zero-order chi connectivity index (χ0) is 14.4. The molecule has 0 fully saturated rings. The van der Waals surface area contributed by atoms with Gasteiger partial charge in [0.25, 0.3) is 0 Å². The monoisotopic (exact) mass is 283 g/mol. The number of thiazole rings is 1. The molecule has 1 heterocycles. The van der Waals surface area contributed by atoms with Crippen molar-refractivity contribution in [3.8, 4) is 0 Å². The van der Waals surface area contributed by atoms with Gasteiger partial charge in [-0.15, -0.1) is 11.3 Å². The first-order valence-corrected chi connectivity index (χ1v) is 8.33. The Hall–Kier alpha value is -0.610. The summed E-state index contributed by atoms with van der Waals surface area (Å²) in [6.45, 7) is 15.3. The third-order valence-corrected chi connectivity index (χ3v) is 4.62. The number of anilines is 1. The first-order valence-electron chi connectivity index (χ1n) is 7.51. The number of nitrogens with zero attached hydrogens (tertiary/aromatic N) is 2.